The van der Waals surface area contributed by atoms with E-state index in [9.17, 15) is 4.79 Å². The number of anilines is 2. The van der Waals surface area contributed by atoms with Crippen molar-refractivity contribution in [2.24, 2.45) is 0 Å². The highest BCUT2D eigenvalue weighted by atomic mass is 35.5. The van der Waals surface area contributed by atoms with Crippen LogP contribution in [0.1, 0.15) is 5.56 Å². The molecule has 0 atom stereocenters. The van der Waals surface area contributed by atoms with Crippen LogP contribution in [-0.4, -0.2) is 47.0 Å². The van der Waals surface area contributed by atoms with Gasteiger partial charge < -0.3 is 15.1 Å². The van der Waals surface area contributed by atoms with E-state index in [2.05, 4.69) is 25.1 Å². The number of nitrogens with one attached hydrogen (secondary N) is 1. The predicted octanol–water partition coefficient (Wildman–Crippen LogP) is 2.25. The number of benzene rings is 1. The third kappa shape index (κ3) is 2.80. The summed E-state index contributed by atoms with van der Waals surface area (Å²) in [6.45, 7) is 3.28. The average molecular weight is 342 g/mol. The molecule has 1 N–H and O–H groups in total. The first-order valence-corrected chi connectivity index (χ1v) is 8.17. The van der Waals surface area contributed by atoms with Crippen molar-refractivity contribution in [2.75, 3.05) is 36.4 Å². The SMILES string of the molecule is O=C1Nc2cc(Cl)ccc2/C1=C\N1CCN(c2ncccn2)CC1. The molecule has 2 aliphatic rings. The molecule has 2 aromatic rings. The quantitative estimate of drug-likeness (QED) is 0.849. The fraction of sp³-hybridized carbons (Fsp3) is 0.235. The van der Waals surface area contributed by atoms with Crippen molar-refractivity contribution >= 4 is 34.7 Å². The zero-order valence-corrected chi connectivity index (χ0v) is 13.7. The summed E-state index contributed by atoms with van der Waals surface area (Å²) >= 11 is 5.99. The summed E-state index contributed by atoms with van der Waals surface area (Å²) in [4.78, 5) is 25.1. The maximum absolute atomic E-state index is 12.2. The molecular weight excluding hydrogens is 326 g/mol. The Morgan fingerprint density at radius 1 is 1.12 bits per heavy atom. The van der Waals surface area contributed by atoms with Gasteiger partial charge in [-0.05, 0) is 18.2 Å². The molecule has 0 aliphatic carbocycles. The van der Waals surface area contributed by atoms with Crippen molar-refractivity contribution in [3.8, 4) is 0 Å². The van der Waals surface area contributed by atoms with E-state index in [0.717, 1.165) is 43.4 Å². The zero-order chi connectivity index (χ0) is 16.5. The van der Waals surface area contributed by atoms with E-state index in [1.807, 2.05) is 18.3 Å². The Bertz CT molecular complexity index is 800. The van der Waals surface area contributed by atoms with Crippen molar-refractivity contribution in [2.45, 2.75) is 0 Å². The second-order valence-corrected chi connectivity index (χ2v) is 6.20. The van der Waals surface area contributed by atoms with Crippen LogP contribution in [0, 0.1) is 0 Å². The van der Waals surface area contributed by atoms with Crippen LogP contribution in [0.15, 0.2) is 42.9 Å². The first-order chi connectivity index (χ1) is 11.7. The van der Waals surface area contributed by atoms with Gasteiger partial charge in [0.05, 0.1) is 11.3 Å². The molecule has 0 radical (unpaired) electrons. The molecule has 0 saturated carbocycles. The summed E-state index contributed by atoms with van der Waals surface area (Å²) in [6, 6.07) is 7.28. The van der Waals surface area contributed by atoms with Gasteiger partial charge in [0.1, 0.15) is 0 Å². The summed E-state index contributed by atoms with van der Waals surface area (Å²) in [6.07, 6.45) is 5.45. The van der Waals surface area contributed by atoms with Crippen LogP contribution >= 0.6 is 11.6 Å². The lowest BCUT2D eigenvalue weighted by molar-refractivity contribution is -0.110. The number of carbonyl (C=O) groups excluding carboxylic acids is 1. The number of amides is 1. The molecule has 2 aliphatic heterocycles. The molecule has 4 rings (SSSR count). The van der Waals surface area contributed by atoms with E-state index in [-0.39, 0.29) is 5.91 Å². The van der Waals surface area contributed by atoms with Gasteiger partial charge in [-0.3, -0.25) is 4.79 Å². The molecule has 1 amide bonds. The topological polar surface area (TPSA) is 61.4 Å². The Labute approximate surface area is 144 Å². The van der Waals surface area contributed by atoms with Crippen molar-refractivity contribution in [3.63, 3.8) is 0 Å². The molecule has 7 heteroatoms. The lowest BCUT2D eigenvalue weighted by Gasteiger charge is -2.34. The molecule has 3 heterocycles. The Kier molecular flexibility index (Phi) is 3.82. The number of halogens is 1. The lowest BCUT2D eigenvalue weighted by atomic mass is 10.1. The van der Waals surface area contributed by atoms with Crippen LogP contribution in [0.2, 0.25) is 5.02 Å². The molecule has 0 bridgehead atoms. The summed E-state index contributed by atoms with van der Waals surface area (Å²) in [5.41, 5.74) is 2.36. The Morgan fingerprint density at radius 3 is 2.62 bits per heavy atom. The van der Waals surface area contributed by atoms with E-state index in [0.29, 0.717) is 10.6 Å². The largest absolute Gasteiger partial charge is 0.373 e. The number of rotatable bonds is 2. The fourth-order valence-corrected chi connectivity index (χ4v) is 3.16. The van der Waals surface area contributed by atoms with Crippen molar-refractivity contribution < 1.29 is 4.79 Å². The number of nitrogens with zero attached hydrogens (tertiary/aromatic N) is 4. The van der Waals surface area contributed by atoms with Gasteiger partial charge >= 0.3 is 0 Å². The third-order valence-corrected chi connectivity index (χ3v) is 4.46. The molecule has 1 saturated heterocycles. The Morgan fingerprint density at radius 2 is 1.88 bits per heavy atom. The number of fused-ring (bicyclic) bond motifs is 1. The van der Waals surface area contributed by atoms with Crippen LogP contribution in [0.5, 0.6) is 0 Å². The molecule has 6 nitrogen and oxygen atoms in total. The summed E-state index contributed by atoms with van der Waals surface area (Å²) in [5, 5.41) is 3.48. The highest BCUT2D eigenvalue weighted by Gasteiger charge is 2.26. The van der Waals surface area contributed by atoms with Crippen molar-refractivity contribution in [1.82, 2.24) is 14.9 Å². The monoisotopic (exact) mass is 341 g/mol. The smallest absolute Gasteiger partial charge is 0.257 e. The van der Waals surface area contributed by atoms with Gasteiger partial charge in [0, 0.05) is 55.4 Å². The molecule has 1 aromatic heterocycles. The van der Waals surface area contributed by atoms with Crippen molar-refractivity contribution in [3.05, 3.63) is 53.4 Å². The number of hydrogen-bond donors (Lipinski definition) is 1. The summed E-state index contributed by atoms with van der Waals surface area (Å²) in [7, 11) is 0. The van der Waals surface area contributed by atoms with E-state index in [4.69, 9.17) is 11.6 Å². The summed E-state index contributed by atoms with van der Waals surface area (Å²) in [5.74, 6) is 0.671. The second-order valence-electron chi connectivity index (χ2n) is 5.76. The molecular formula is C17H16ClN5O. The highest BCUT2D eigenvalue weighted by molar-refractivity contribution is 6.34. The van der Waals surface area contributed by atoms with E-state index >= 15 is 0 Å². The summed E-state index contributed by atoms with van der Waals surface area (Å²) < 4.78 is 0. The molecule has 122 valence electrons. The van der Waals surface area contributed by atoms with E-state index < -0.39 is 0 Å². The van der Waals surface area contributed by atoms with Gasteiger partial charge in [-0.25, -0.2) is 9.97 Å². The van der Waals surface area contributed by atoms with Gasteiger partial charge in [0.25, 0.3) is 5.91 Å². The fourth-order valence-electron chi connectivity index (χ4n) is 2.98. The lowest BCUT2D eigenvalue weighted by Crippen LogP contribution is -2.45. The van der Waals surface area contributed by atoms with Gasteiger partial charge in [0.15, 0.2) is 0 Å². The second kappa shape index (κ2) is 6.13. The van der Waals surface area contributed by atoms with Crippen LogP contribution in [0.25, 0.3) is 5.57 Å². The number of aromatic nitrogens is 2. The normalized spacial score (nSPS) is 18.7. The number of piperazine rings is 1. The minimum absolute atomic E-state index is 0.0823. The minimum atomic E-state index is -0.0823. The first-order valence-electron chi connectivity index (χ1n) is 7.80. The third-order valence-electron chi connectivity index (χ3n) is 4.23. The molecule has 1 fully saturated rings. The van der Waals surface area contributed by atoms with Gasteiger partial charge in [-0.15, -0.1) is 0 Å². The van der Waals surface area contributed by atoms with Gasteiger partial charge in [-0.2, -0.15) is 0 Å². The minimum Gasteiger partial charge on any atom is -0.373 e. The first kappa shape index (κ1) is 15.0. The predicted molar refractivity (Wildman–Crippen MR) is 93.9 cm³/mol. The standard InChI is InChI=1S/C17H16ClN5O/c18-12-2-3-13-14(16(24)21-15(13)10-12)11-22-6-8-23(9-7-22)17-19-4-1-5-20-17/h1-5,10-11H,6-9H2,(H,21,24)/b14-11+. The van der Waals surface area contributed by atoms with Gasteiger partial charge in [0.2, 0.25) is 5.95 Å². The molecule has 0 spiro atoms. The highest BCUT2D eigenvalue weighted by Crippen LogP contribution is 2.34. The zero-order valence-electron chi connectivity index (χ0n) is 12.9. The Balaban J connectivity index is 1.49. The molecule has 0 unspecified atom stereocenters. The van der Waals surface area contributed by atoms with Crippen LogP contribution in [0.4, 0.5) is 11.6 Å². The van der Waals surface area contributed by atoms with Crippen LogP contribution < -0.4 is 10.2 Å². The maximum Gasteiger partial charge on any atom is 0.257 e. The Hall–Kier alpha value is -2.60. The van der Waals surface area contributed by atoms with E-state index in [1.165, 1.54) is 0 Å². The van der Waals surface area contributed by atoms with E-state index in [1.54, 1.807) is 24.5 Å². The van der Waals surface area contributed by atoms with Crippen LogP contribution in [0.3, 0.4) is 0 Å². The average Bonchev–Trinajstić information content (AvgIpc) is 2.91. The van der Waals surface area contributed by atoms with Gasteiger partial charge in [-0.1, -0.05) is 17.7 Å². The number of hydrogen-bond acceptors (Lipinski definition) is 5. The maximum atomic E-state index is 12.2. The van der Waals surface area contributed by atoms with Crippen molar-refractivity contribution in [1.29, 1.82) is 0 Å². The van der Waals surface area contributed by atoms with Crippen LogP contribution in [-0.2, 0) is 4.79 Å². The number of carbonyl (C=O) groups is 1. The molecule has 1 aromatic carbocycles. The molecule has 24 heavy (non-hydrogen) atoms.